The quantitative estimate of drug-likeness (QED) is 0.825. The molecule has 1 atom stereocenters. The van der Waals surface area contributed by atoms with E-state index in [0.717, 1.165) is 18.5 Å². The van der Waals surface area contributed by atoms with Crippen molar-refractivity contribution in [2.75, 3.05) is 22.9 Å². The molecule has 1 saturated heterocycles. The molecule has 4 rings (SSSR count). The third kappa shape index (κ3) is 2.91. The average Bonchev–Trinajstić information content (AvgIpc) is 3.02. The van der Waals surface area contributed by atoms with E-state index in [1.807, 2.05) is 41.3 Å². The van der Waals surface area contributed by atoms with Crippen molar-refractivity contribution in [2.45, 2.75) is 19.3 Å². The zero-order valence-corrected chi connectivity index (χ0v) is 14.6. The number of para-hydroxylation sites is 2. The van der Waals surface area contributed by atoms with Crippen molar-refractivity contribution < 1.29 is 9.59 Å². The van der Waals surface area contributed by atoms with E-state index >= 15 is 0 Å². The van der Waals surface area contributed by atoms with Crippen LogP contribution in [0.25, 0.3) is 0 Å². The maximum atomic E-state index is 13.1. The van der Waals surface area contributed by atoms with E-state index in [9.17, 15) is 9.59 Å². The number of anilines is 2. The van der Waals surface area contributed by atoms with Crippen molar-refractivity contribution in [3.05, 3.63) is 59.1 Å². The Labute approximate surface area is 152 Å². The first-order chi connectivity index (χ1) is 12.1. The van der Waals surface area contributed by atoms with Gasteiger partial charge >= 0.3 is 0 Å². The number of halogens is 1. The summed E-state index contributed by atoms with van der Waals surface area (Å²) >= 11 is 6.22. The smallest absolute Gasteiger partial charge is 0.232 e. The zero-order valence-electron chi connectivity index (χ0n) is 13.8. The molecule has 2 aliphatic heterocycles. The normalized spacial score (nSPS) is 19.9. The van der Waals surface area contributed by atoms with Crippen molar-refractivity contribution in [3.63, 3.8) is 0 Å². The molecule has 2 heterocycles. The van der Waals surface area contributed by atoms with Crippen LogP contribution in [0.1, 0.15) is 18.4 Å². The molecule has 0 saturated carbocycles. The number of aryl methyl sites for hydroxylation is 1. The number of nitrogens with zero attached hydrogens (tertiary/aromatic N) is 2. The number of fused-ring (bicyclic) bond motifs is 1. The fourth-order valence-corrected chi connectivity index (χ4v) is 4.00. The molecule has 2 amide bonds. The highest BCUT2D eigenvalue weighted by Gasteiger charge is 2.38. The van der Waals surface area contributed by atoms with Crippen LogP contribution >= 0.6 is 11.6 Å². The van der Waals surface area contributed by atoms with Crippen molar-refractivity contribution >= 4 is 34.8 Å². The molecule has 4 nitrogen and oxygen atoms in total. The number of hydrogen-bond acceptors (Lipinski definition) is 2. The van der Waals surface area contributed by atoms with Gasteiger partial charge in [0.05, 0.1) is 16.6 Å². The topological polar surface area (TPSA) is 40.6 Å². The van der Waals surface area contributed by atoms with Gasteiger partial charge in [-0.3, -0.25) is 9.59 Å². The molecule has 5 heteroatoms. The van der Waals surface area contributed by atoms with Crippen LogP contribution in [0.3, 0.4) is 0 Å². The average molecular weight is 355 g/mol. The first-order valence-electron chi connectivity index (χ1n) is 8.59. The van der Waals surface area contributed by atoms with Crippen LogP contribution in [0.4, 0.5) is 11.4 Å². The summed E-state index contributed by atoms with van der Waals surface area (Å²) in [6.45, 7) is 1.10. The van der Waals surface area contributed by atoms with Gasteiger partial charge in [-0.2, -0.15) is 0 Å². The summed E-state index contributed by atoms with van der Waals surface area (Å²) in [7, 11) is 0. The Morgan fingerprint density at radius 2 is 1.76 bits per heavy atom. The van der Waals surface area contributed by atoms with Crippen molar-refractivity contribution in [1.82, 2.24) is 0 Å². The highest BCUT2D eigenvalue weighted by molar-refractivity contribution is 6.33. The van der Waals surface area contributed by atoms with Gasteiger partial charge in [0.2, 0.25) is 11.8 Å². The van der Waals surface area contributed by atoms with Gasteiger partial charge in [-0.25, -0.2) is 0 Å². The Hall–Kier alpha value is -2.33. The van der Waals surface area contributed by atoms with Gasteiger partial charge in [-0.05, 0) is 36.6 Å². The summed E-state index contributed by atoms with van der Waals surface area (Å²) in [6, 6.07) is 15.3. The molecule has 2 aromatic rings. The van der Waals surface area contributed by atoms with E-state index in [1.54, 1.807) is 11.0 Å². The lowest BCUT2D eigenvalue weighted by atomic mass is 9.99. The first-order valence-corrected chi connectivity index (χ1v) is 8.97. The van der Waals surface area contributed by atoms with Gasteiger partial charge in [0, 0.05) is 25.2 Å². The van der Waals surface area contributed by atoms with E-state index in [1.165, 1.54) is 5.56 Å². The first kappa shape index (κ1) is 16.2. The van der Waals surface area contributed by atoms with Gasteiger partial charge in [-0.1, -0.05) is 41.9 Å². The molecule has 0 radical (unpaired) electrons. The molecule has 128 valence electrons. The fourth-order valence-electron chi connectivity index (χ4n) is 3.76. The van der Waals surface area contributed by atoms with Crippen LogP contribution in [0, 0.1) is 5.92 Å². The standard InChI is InChI=1S/C20H19ClN2O2/c21-16-8-2-4-10-18(16)23-13-15(12-19(23)24)20(25)22-11-5-7-14-6-1-3-9-17(14)22/h1-4,6,8-10,15H,5,7,11-13H2. The molecular weight excluding hydrogens is 336 g/mol. The lowest BCUT2D eigenvalue weighted by Gasteiger charge is -2.31. The summed E-state index contributed by atoms with van der Waals surface area (Å²) in [5.41, 5.74) is 2.88. The second kappa shape index (κ2) is 6.52. The van der Waals surface area contributed by atoms with Crippen molar-refractivity contribution in [2.24, 2.45) is 5.92 Å². The van der Waals surface area contributed by atoms with E-state index in [-0.39, 0.29) is 24.2 Å². The van der Waals surface area contributed by atoms with Gasteiger partial charge in [0.1, 0.15) is 0 Å². The summed E-state index contributed by atoms with van der Waals surface area (Å²) < 4.78 is 0. The highest BCUT2D eigenvalue weighted by atomic mass is 35.5. The van der Waals surface area contributed by atoms with Crippen LogP contribution in [-0.4, -0.2) is 24.9 Å². The largest absolute Gasteiger partial charge is 0.312 e. The molecule has 25 heavy (non-hydrogen) atoms. The molecule has 0 N–H and O–H groups in total. The summed E-state index contributed by atoms with van der Waals surface area (Å²) in [5, 5.41) is 0.535. The number of carbonyl (C=O) groups excluding carboxylic acids is 2. The maximum absolute atomic E-state index is 13.1. The number of benzene rings is 2. The third-order valence-corrected chi connectivity index (χ3v) is 5.31. The molecule has 1 unspecified atom stereocenters. The summed E-state index contributed by atoms with van der Waals surface area (Å²) in [6.07, 6.45) is 2.19. The third-order valence-electron chi connectivity index (χ3n) is 4.99. The Kier molecular flexibility index (Phi) is 4.22. The van der Waals surface area contributed by atoms with Crippen LogP contribution in [0.2, 0.25) is 5.02 Å². The Balaban J connectivity index is 1.57. The lowest BCUT2D eigenvalue weighted by molar-refractivity contribution is -0.124. The van der Waals surface area contributed by atoms with Crippen molar-refractivity contribution in [3.8, 4) is 0 Å². The summed E-state index contributed by atoms with van der Waals surface area (Å²) in [5.74, 6) is -0.332. The Morgan fingerprint density at radius 1 is 1.04 bits per heavy atom. The summed E-state index contributed by atoms with van der Waals surface area (Å²) in [4.78, 5) is 29.0. The van der Waals surface area contributed by atoms with Crippen LogP contribution in [0.5, 0.6) is 0 Å². The second-order valence-corrected chi connectivity index (χ2v) is 6.99. The van der Waals surface area contributed by atoms with Gasteiger partial charge in [0.15, 0.2) is 0 Å². The number of amides is 2. The minimum atomic E-state index is -0.324. The molecule has 2 aromatic carbocycles. The van der Waals surface area contributed by atoms with Crippen LogP contribution < -0.4 is 9.80 Å². The van der Waals surface area contributed by atoms with E-state index in [2.05, 4.69) is 6.07 Å². The fraction of sp³-hybridized carbons (Fsp3) is 0.300. The van der Waals surface area contributed by atoms with Gasteiger partial charge in [0.25, 0.3) is 0 Å². The monoisotopic (exact) mass is 354 g/mol. The number of carbonyl (C=O) groups is 2. The van der Waals surface area contributed by atoms with Crippen LogP contribution in [0.15, 0.2) is 48.5 Å². The molecule has 0 spiro atoms. The zero-order chi connectivity index (χ0) is 17.4. The lowest BCUT2D eigenvalue weighted by Crippen LogP contribution is -2.40. The maximum Gasteiger partial charge on any atom is 0.232 e. The highest BCUT2D eigenvalue weighted by Crippen LogP contribution is 2.34. The van der Waals surface area contributed by atoms with Crippen LogP contribution in [-0.2, 0) is 16.0 Å². The molecule has 1 fully saturated rings. The predicted octanol–water partition coefficient (Wildman–Crippen LogP) is 3.67. The van der Waals surface area contributed by atoms with E-state index in [0.29, 0.717) is 23.8 Å². The molecule has 2 aliphatic rings. The van der Waals surface area contributed by atoms with Gasteiger partial charge in [-0.15, -0.1) is 0 Å². The predicted molar refractivity (Wildman–Crippen MR) is 99.0 cm³/mol. The van der Waals surface area contributed by atoms with Gasteiger partial charge < -0.3 is 9.80 Å². The molecule has 0 bridgehead atoms. The minimum Gasteiger partial charge on any atom is -0.312 e. The second-order valence-electron chi connectivity index (χ2n) is 6.58. The van der Waals surface area contributed by atoms with E-state index < -0.39 is 0 Å². The number of hydrogen-bond donors (Lipinski definition) is 0. The molecular formula is C20H19ClN2O2. The Morgan fingerprint density at radius 3 is 2.56 bits per heavy atom. The molecule has 0 aliphatic carbocycles. The number of rotatable bonds is 2. The molecule has 0 aromatic heterocycles. The Bertz CT molecular complexity index is 836. The van der Waals surface area contributed by atoms with E-state index in [4.69, 9.17) is 11.6 Å². The van der Waals surface area contributed by atoms with Crippen molar-refractivity contribution in [1.29, 1.82) is 0 Å². The SMILES string of the molecule is O=C1CC(C(=O)N2CCCc3ccccc32)CN1c1ccccc1Cl. The minimum absolute atomic E-state index is 0.0371.